The molecule has 0 saturated carbocycles. The van der Waals surface area contributed by atoms with Crippen molar-refractivity contribution in [1.29, 1.82) is 0 Å². The Labute approximate surface area is 76.6 Å². The number of benzene rings is 1. The molecule has 1 aromatic rings. The van der Waals surface area contributed by atoms with Gasteiger partial charge in [0.1, 0.15) is 12.2 Å². The molecule has 1 aliphatic rings. The normalized spacial score (nSPS) is 26.8. The average Bonchev–Trinajstić information content (AvgIpc) is 2.85. The molecule has 0 aliphatic carbocycles. The quantitative estimate of drug-likeness (QED) is 0.504. The molecule has 0 unspecified atom stereocenters. The highest BCUT2D eigenvalue weighted by molar-refractivity contribution is 6.30. The summed E-state index contributed by atoms with van der Waals surface area (Å²) in [5.41, 5.74) is 1.17. The van der Waals surface area contributed by atoms with E-state index < -0.39 is 0 Å². The van der Waals surface area contributed by atoms with Gasteiger partial charge < -0.3 is 4.74 Å². The standard InChI is InChI=1S/C10H9ClO/c1-2-9-10(12-9)7-3-5-8(11)6-4-7/h2-6,9-10H,1H2/t9-,10+/m1/s1. The third kappa shape index (κ3) is 1.38. The number of rotatable bonds is 2. The van der Waals surface area contributed by atoms with Crippen molar-refractivity contribution in [2.24, 2.45) is 0 Å². The molecule has 0 N–H and O–H groups in total. The SMILES string of the molecule is C=C[C@H]1O[C@H]1c1ccc(Cl)cc1. The second-order valence-electron chi connectivity index (χ2n) is 2.81. The second kappa shape index (κ2) is 2.92. The summed E-state index contributed by atoms with van der Waals surface area (Å²) in [5.74, 6) is 0. The van der Waals surface area contributed by atoms with Gasteiger partial charge in [-0.1, -0.05) is 29.8 Å². The molecule has 2 atom stereocenters. The van der Waals surface area contributed by atoms with Gasteiger partial charge in [-0.15, -0.1) is 6.58 Å². The van der Waals surface area contributed by atoms with Crippen molar-refractivity contribution >= 4 is 11.6 Å². The summed E-state index contributed by atoms with van der Waals surface area (Å²) in [6, 6.07) is 7.71. The maximum absolute atomic E-state index is 5.75. The van der Waals surface area contributed by atoms with Crippen molar-refractivity contribution in [3.8, 4) is 0 Å². The average molecular weight is 181 g/mol. The van der Waals surface area contributed by atoms with Crippen LogP contribution in [0.25, 0.3) is 0 Å². The van der Waals surface area contributed by atoms with Gasteiger partial charge in [0.25, 0.3) is 0 Å². The third-order valence-electron chi connectivity index (χ3n) is 1.96. The van der Waals surface area contributed by atoms with E-state index in [1.807, 2.05) is 30.3 Å². The van der Waals surface area contributed by atoms with Crippen LogP contribution in [0.2, 0.25) is 5.02 Å². The number of epoxide rings is 1. The van der Waals surface area contributed by atoms with Gasteiger partial charge in [-0.3, -0.25) is 0 Å². The van der Waals surface area contributed by atoms with Crippen LogP contribution in [0.3, 0.4) is 0 Å². The van der Waals surface area contributed by atoms with Crippen molar-refractivity contribution in [3.05, 3.63) is 47.5 Å². The lowest BCUT2D eigenvalue weighted by Crippen LogP contribution is -1.82. The van der Waals surface area contributed by atoms with Crippen LogP contribution in [0.4, 0.5) is 0 Å². The Balaban J connectivity index is 2.15. The molecule has 0 bridgehead atoms. The van der Waals surface area contributed by atoms with E-state index in [0.717, 1.165) is 5.02 Å². The highest BCUT2D eigenvalue weighted by Gasteiger charge is 2.37. The molecule has 2 rings (SSSR count). The third-order valence-corrected chi connectivity index (χ3v) is 2.21. The lowest BCUT2D eigenvalue weighted by atomic mass is 10.1. The van der Waals surface area contributed by atoms with Gasteiger partial charge in [0.05, 0.1) is 0 Å². The molecule has 2 heteroatoms. The zero-order valence-corrected chi connectivity index (χ0v) is 7.29. The molecule has 12 heavy (non-hydrogen) atoms. The number of ether oxygens (including phenoxy) is 1. The summed E-state index contributed by atoms with van der Waals surface area (Å²) < 4.78 is 5.33. The summed E-state index contributed by atoms with van der Waals surface area (Å²) in [6.07, 6.45) is 2.23. The van der Waals surface area contributed by atoms with Crippen LogP contribution in [0, 0.1) is 0 Å². The Kier molecular flexibility index (Phi) is 1.91. The predicted octanol–water partition coefficient (Wildman–Crippen LogP) is 2.97. The molecule has 62 valence electrons. The fourth-order valence-corrected chi connectivity index (χ4v) is 1.35. The molecule has 0 amide bonds. The molecule has 1 nitrogen and oxygen atoms in total. The summed E-state index contributed by atoms with van der Waals surface area (Å²) in [7, 11) is 0. The van der Waals surface area contributed by atoms with Gasteiger partial charge in [0, 0.05) is 5.02 Å². The summed E-state index contributed by atoms with van der Waals surface area (Å²) >= 11 is 5.75. The number of hydrogen-bond donors (Lipinski definition) is 0. The first-order chi connectivity index (χ1) is 5.81. The minimum atomic E-state index is 0.200. The fraction of sp³-hybridized carbons (Fsp3) is 0.200. The minimum absolute atomic E-state index is 0.200. The van der Waals surface area contributed by atoms with Crippen LogP contribution < -0.4 is 0 Å². The van der Waals surface area contributed by atoms with Gasteiger partial charge in [0.15, 0.2) is 0 Å². The highest BCUT2D eigenvalue weighted by atomic mass is 35.5. The van der Waals surface area contributed by atoms with Crippen LogP contribution in [-0.4, -0.2) is 6.10 Å². The Morgan fingerprint density at radius 2 is 2.00 bits per heavy atom. The minimum Gasteiger partial charge on any atom is -0.360 e. The molecule has 0 spiro atoms. The summed E-state index contributed by atoms with van der Waals surface area (Å²) in [5, 5.41) is 0.759. The molecule has 1 aromatic carbocycles. The topological polar surface area (TPSA) is 12.5 Å². The van der Waals surface area contributed by atoms with Crippen LogP contribution >= 0.6 is 11.6 Å². The van der Waals surface area contributed by atoms with Gasteiger partial charge >= 0.3 is 0 Å². The van der Waals surface area contributed by atoms with E-state index >= 15 is 0 Å². The number of halogens is 1. The van der Waals surface area contributed by atoms with Crippen molar-refractivity contribution in [1.82, 2.24) is 0 Å². The smallest absolute Gasteiger partial charge is 0.113 e. The molecule has 0 radical (unpaired) electrons. The zero-order valence-electron chi connectivity index (χ0n) is 6.53. The molecule has 1 heterocycles. The molecular formula is C10H9ClO. The Morgan fingerprint density at radius 3 is 2.50 bits per heavy atom. The number of hydrogen-bond acceptors (Lipinski definition) is 1. The van der Waals surface area contributed by atoms with E-state index in [1.54, 1.807) is 0 Å². The molecule has 0 aromatic heterocycles. The van der Waals surface area contributed by atoms with Crippen molar-refractivity contribution < 1.29 is 4.74 Å². The second-order valence-corrected chi connectivity index (χ2v) is 3.24. The van der Waals surface area contributed by atoms with E-state index in [0.29, 0.717) is 0 Å². The maximum Gasteiger partial charge on any atom is 0.113 e. The van der Waals surface area contributed by atoms with Gasteiger partial charge in [-0.2, -0.15) is 0 Å². The van der Waals surface area contributed by atoms with Crippen LogP contribution in [-0.2, 0) is 4.74 Å². The zero-order chi connectivity index (χ0) is 8.55. The predicted molar refractivity (Wildman–Crippen MR) is 49.3 cm³/mol. The summed E-state index contributed by atoms with van der Waals surface area (Å²) in [4.78, 5) is 0. The lowest BCUT2D eigenvalue weighted by Gasteiger charge is -1.94. The van der Waals surface area contributed by atoms with Crippen molar-refractivity contribution in [3.63, 3.8) is 0 Å². The fourth-order valence-electron chi connectivity index (χ4n) is 1.22. The largest absolute Gasteiger partial charge is 0.360 e. The van der Waals surface area contributed by atoms with Gasteiger partial charge in [-0.05, 0) is 17.7 Å². The van der Waals surface area contributed by atoms with Crippen LogP contribution in [0.15, 0.2) is 36.9 Å². The van der Waals surface area contributed by atoms with E-state index in [2.05, 4.69) is 6.58 Å². The van der Waals surface area contributed by atoms with Crippen molar-refractivity contribution in [2.45, 2.75) is 12.2 Å². The van der Waals surface area contributed by atoms with Crippen LogP contribution in [0.5, 0.6) is 0 Å². The lowest BCUT2D eigenvalue weighted by molar-refractivity contribution is 0.394. The highest BCUT2D eigenvalue weighted by Crippen LogP contribution is 2.39. The van der Waals surface area contributed by atoms with Crippen molar-refractivity contribution in [2.75, 3.05) is 0 Å². The Bertz CT molecular complexity index is 291. The Morgan fingerprint density at radius 1 is 1.33 bits per heavy atom. The van der Waals surface area contributed by atoms with E-state index in [1.165, 1.54) is 5.56 Å². The van der Waals surface area contributed by atoms with Crippen LogP contribution in [0.1, 0.15) is 11.7 Å². The van der Waals surface area contributed by atoms with E-state index in [4.69, 9.17) is 16.3 Å². The molecule has 1 aliphatic heterocycles. The maximum atomic E-state index is 5.75. The first kappa shape index (κ1) is 7.84. The molecular weight excluding hydrogens is 172 g/mol. The van der Waals surface area contributed by atoms with Gasteiger partial charge in [-0.25, -0.2) is 0 Å². The van der Waals surface area contributed by atoms with E-state index in [9.17, 15) is 0 Å². The first-order valence-corrected chi connectivity index (χ1v) is 4.22. The van der Waals surface area contributed by atoms with Gasteiger partial charge in [0.2, 0.25) is 0 Å². The summed E-state index contributed by atoms with van der Waals surface area (Å²) in [6.45, 7) is 3.66. The molecule has 1 fully saturated rings. The molecule has 1 saturated heterocycles. The first-order valence-electron chi connectivity index (χ1n) is 3.85. The monoisotopic (exact) mass is 180 g/mol. The van der Waals surface area contributed by atoms with E-state index in [-0.39, 0.29) is 12.2 Å². The Hall–Kier alpha value is -0.790.